The highest BCUT2D eigenvalue weighted by Crippen LogP contribution is 2.45. The topological polar surface area (TPSA) is 114 Å². The summed E-state index contributed by atoms with van der Waals surface area (Å²) in [6.45, 7) is 3.94. The number of carbonyl (C=O) groups excluding carboxylic acids is 4. The number of alkyl halides is 3. The fourth-order valence-corrected chi connectivity index (χ4v) is 5.36. The number of esters is 4. The summed E-state index contributed by atoms with van der Waals surface area (Å²) in [6, 6.07) is 8.76. The average molecular weight is 631 g/mol. The van der Waals surface area contributed by atoms with Crippen LogP contribution in [0.3, 0.4) is 0 Å². The molecule has 0 amide bonds. The third-order valence-corrected chi connectivity index (χ3v) is 7.44. The van der Waals surface area contributed by atoms with Gasteiger partial charge in [0.1, 0.15) is 23.2 Å². The predicted octanol–water partition coefficient (Wildman–Crippen LogP) is 5.79. The number of halogens is 3. The Hall–Kier alpha value is -4.45. The van der Waals surface area contributed by atoms with E-state index in [0.717, 1.165) is 45.6 Å². The van der Waals surface area contributed by atoms with Gasteiger partial charge in [0.15, 0.2) is 0 Å². The number of methoxy groups -OCH3 is 1. The van der Waals surface area contributed by atoms with Gasteiger partial charge in [-0.15, -0.1) is 0 Å². The number of hydrogen-bond donors (Lipinski definition) is 0. The van der Waals surface area contributed by atoms with E-state index in [1.54, 1.807) is 13.0 Å². The molecule has 1 fully saturated rings. The first-order chi connectivity index (χ1) is 21.2. The predicted molar refractivity (Wildman–Crippen MR) is 153 cm³/mol. The Balaban J connectivity index is 1.84. The van der Waals surface area contributed by atoms with Gasteiger partial charge in [-0.1, -0.05) is 48.6 Å². The third-order valence-electron chi connectivity index (χ3n) is 7.44. The number of carbonyl (C=O) groups is 4. The van der Waals surface area contributed by atoms with Crippen LogP contribution < -0.4 is 9.47 Å². The summed E-state index contributed by atoms with van der Waals surface area (Å²) in [5.74, 6) is -4.14. The first kappa shape index (κ1) is 33.4. The van der Waals surface area contributed by atoms with Gasteiger partial charge in [0.05, 0.1) is 6.10 Å². The van der Waals surface area contributed by atoms with Crippen molar-refractivity contribution in [1.82, 2.24) is 0 Å². The van der Waals surface area contributed by atoms with Crippen LogP contribution in [-0.4, -0.2) is 49.4 Å². The molecule has 1 unspecified atom stereocenters. The number of hydrogen-bond acceptors (Lipinski definition) is 9. The Morgan fingerprint density at radius 3 is 2.22 bits per heavy atom. The van der Waals surface area contributed by atoms with E-state index < -0.39 is 59.8 Å². The van der Waals surface area contributed by atoms with E-state index in [1.165, 1.54) is 36.4 Å². The maximum atomic E-state index is 14.6. The summed E-state index contributed by atoms with van der Waals surface area (Å²) in [7, 11) is 0.753. The van der Waals surface area contributed by atoms with Crippen molar-refractivity contribution in [3.63, 3.8) is 0 Å². The van der Waals surface area contributed by atoms with Gasteiger partial charge in [0.2, 0.25) is 0 Å². The molecular weight excluding hydrogens is 597 g/mol. The van der Waals surface area contributed by atoms with Crippen molar-refractivity contribution in [2.24, 2.45) is 11.8 Å². The van der Waals surface area contributed by atoms with E-state index in [0.29, 0.717) is 6.42 Å². The van der Waals surface area contributed by atoms with Crippen molar-refractivity contribution in [3.05, 3.63) is 83.5 Å². The summed E-state index contributed by atoms with van der Waals surface area (Å²) in [5.41, 5.74) is -4.19. The van der Waals surface area contributed by atoms with Gasteiger partial charge in [-0.2, -0.15) is 13.2 Å². The molecule has 9 nitrogen and oxygen atoms in total. The van der Waals surface area contributed by atoms with E-state index in [1.807, 2.05) is 6.08 Å². The van der Waals surface area contributed by atoms with Crippen LogP contribution in [0.5, 0.6) is 11.5 Å². The van der Waals surface area contributed by atoms with Crippen LogP contribution in [0.2, 0.25) is 0 Å². The molecule has 0 aromatic heterocycles. The Morgan fingerprint density at radius 1 is 0.933 bits per heavy atom. The Morgan fingerprint density at radius 2 is 1.60 bits per heavy atom. The van der Waals surface area contributed by atoms with Crippen LogP contribution in [0.25, 0.3) is 0 Å². The van der Waals surface area contributed by atoms with Crippen molar-refractivity contribution in [2.45, 2.75) is 64.0 Å². The number of fused-ring (bicyclic) bond motifs is 2. The van der Waals surface area contributed by atoms with Crippen LogP contribution >= 0.6 is 0 Å². The van der Waals surface area contributed by atoms with Crippen LogP contribution in [0.15, 0.2) is 66.8 Å². The summed E-state index contributed by atoms with van der Waals surface area (Å²) in [4.78, 5) is 50.9. The molecule has 0 N–H and O–H groups in total. The van der Waals surface area contributed by atoms with Gasteiger partial charge in [-0.05, 0) is 49.3 Å². The first-order valence-electron chi connectivity index (χ1n) is 14.2. The van der Waals surface area contributed by atoms with Crippen LogP contribution in [0.1, 0.15) is 55.1 Å². The number of allylic oxidation sites excluding steroid dienone is 3. The van der Waals surface area contributed by atoms with E-state index in [2.05, 4.69) is 0 Å². The standard InChI is InChI=1S/C33H33F3O9/c1-19-14-23-15-22(23)10-8-9-13-26(45-31(40)32(41-4,33(34,35)36)25-11-6-5-7-12-25)16-24-17-27(43-20(2)37)18-28(44-21(3)38)29(24)30(39)42-19/h5-13,17-19,22-23,26H,14-16H2,1-4H3/t19-,22+,23+,26+,32?/m1/s1. The Bertz CT molecular complexity index is 1500. The Kier molecular flexibility index (Phi) is 10.2. The van der Waals surface area contributed by atoms with Crippen molar-refractivity contribution < 1.29 is 56.0 Å². The highest BCUT2D eigenvalue weighted by Gasteiger charge is 2.64. The lowest BCUT2D eigenvalue weighted by Crippen LogP contribution is -2.52. The van der Waals surface area contributed by atoms with Crippen LogP contribution in [-0.2, 0) is 40.6 Å². The zero-order valence-corrected chi connectivity index (χ0v) is 25.1. The quantitative estimate of drug-likeness (QED) is 0.289. The maximum absolute atomic E-state index is 14.6. The van der Waals surface area contributed by atoms with Gasteiger partial charge < -0.3 is 23.7 Å². The molecule has 12 heteroatoms. The molecular formula is C33H33F3O9. The number of cyclic esters (lactones) is 1. The molecule has 1 heterocycles. The smallest absolute Gasteiger partial charge is 0.432 e. The van der Waals surface area contributed by atoms with Crippen molar-refractivity contribution in [1.29, 1.82) is 0 Å². The monoisotopic (exact) mass is 630 g/mol. The molecule has 2 aromatic rings. The lowest BCUT2D eigenvalue weighted by atomic mass is 9.92. The fourth-order valence-electron chi connectivity index (χ4n) is 5.36. The molecule has 2 aliphatic rings. The second-order valence-corrected chi connectivity index (χ2v) is 10.9. The minimum atomic E-state index is -5.23. The van der Waals surface area contributed by atoms with Gasteiger partial charge in [0, 0.05) is 39.0 Å². The summed E-state index contributed by atoms with van der Waals surface area (Å²) >= 11 is 0. The van der Waals surface area contributed by atoms with Crippen molar-refractivity contribution in [2.75, 3.05) is 7.11 Å². The lowest BCUT2D eigenvalue weighted by molar-refractivity contribution is -0.277. The number of benzene rings is 2. The Labute approximate surface area is 257 Å². The summed E-state index contributed by atoms with van der Waals surface area (Å²) < 4.78 is 70.4. The highest BCUT2D eigenvalue weighted by molar-refractivity contribution is 5.96. The second-order valence-electron chi connectivity index (χ2n) is 10.9. The second kappa shape index (κ2) is 13.7. The van der Waals surface area contributed by atoms with Gasteiger partial charge in [-0.25, -0.2) is 9.59 Å². The first-order valence-corrected chi connectivity index (χ1v) is 14.2. The zero-order chi connectivity index (χ0) is 32.9. The molecule has 240 valence electrons. The maximum Gasteiger partial charge on any atom is 0.432 e. The molecule has 45 heavy (non-hydrogen) atoms. The SMILES string of the molecule is COC(C(=O)O[C@H]1C=CC=C[C@H]2C[C@@H]2C[C@@H](C)OC(=O)c2c(cc(OC(C)=O)cc2OC(C)=O)C1)(c1ccccc1)C(F)(F)F. The van der Waals surface area contributed by atoms with E-state index >= 15 is 0 Å². The normalized spacial score (nSPS) is 22.9. The number of ether oxygens (including phenoxy) is 5. The lowest BCUT2D eigenvalue weighted by Gasteiger charge is -2.33. The minimum Gasteiger partial charge on any atom is -0.459 e. The van der Waals surface area contributed by atoms with E-state index in [4.69, 9.17) is 23.7 Å². The molecule has 0 radical (unpaired) electrons. The molecule has 1 aliphatic heterocycles. The molecule has 5 atom stereocenters. The van der Waals surface area contributed by atoms with Gasteiger partial charge in [0.25, 0.3) is 5.60 Å². The highest BCUT2D eigenvalue weighted by atomic mass is 19.4. The largest absolute Gasteiger partial charge is 0.459 e. The van der Waals surface area contributed by atoms with Gasteiger partial charge >= 0.3 is 30.1 Å². The molecule has 4 rings (SSSR count). The fraction of sp³-hybridized carbons (Fsp3) is 0.394. The molecule has 0 saturated heterocycles. The van der Waals surface area contributed by atoms with Gasteiger partial charge in [-0.3, -0.25) is 9.59 Å². The molecule has 0 bridgehead atoms. The van der Waals surface area contributed by atoms with E-state index in [-0.39, 0.29) is 34.5 Å². The van der Waals surface area contributed by atoms with Crippen molar-refractivity contribution in [3.8, 4) is 11.5 Å². The van der Waals surface area contributed by atoms with Crippen LogP contribution in [0, 0.1) is 11.8 Å². The summed E-state index contributed by atoms with van der Waals surface area (Å²) in [5, 5.41) is 0. The minimum absolute atomic E-state index is 0.0183. The third kappa shape index (κ3) is 7.80. The zero-order valence-electron chi connectivity index (χ0n) is 25.1. The molecule has 1 aliphatic carbocycles. The van der Waals surface area contributed by atoms with Crippen LogP contribution in [0.4, 0.5) is 13.2 Å². The summed E-state index contributed by atoms with van der Waals surface area (Å²) in [6.07, 6.45) is 0.377. The average Bonchev–Trinajstić information content (AvgIpc) is 3.67. The van der Waals surface area contributed by atoms with Crippen molar-refractivity contribution >= 4 is 23.9 Å². The molecule has 0 spiro atoms. The number of rotatable bonds is 6. The van der Waals surface area contributed by atoms with E-state index in [9.17, 15) is 32.3 Å². The molecule has 1 saturated carbocycles. The molecule has 2 aromatic carbocycles.